The fraction of sp³-hybridized carbons (Fsp3) is 0.500. The molecule has 1 aliphatic heterocycles. The predicted molar refractivity (Wildman–Crippen MR) is 57.0 cm³/mol. The van der Waals surface area contributed by atoms with Gasteiger partial charge in [0.15, 0.2) is 0 Å². The highest BCUT2D eigenvalue weighted by Gasteiger charge is 2.21. The molecule has 0 aliphatic carbocycles. The fourth-order valence-electron chi connectivity index (χ4n) is 2.18. The van der Waals surface area contributed by atoms with Crippen molar-refractivity contribution in [2.75, 3.05) is 13.6 Å². The summed E-state index contributed by atoms with van der Waals surface area (Å²) >= 11 is 0. The fourth-order valence-corrected chi connectivity index (χ4v) is 2.18. The zero-order valence-electron chi connectivity index (χ0n) is 8.61. The monoisotopic (exact) mass is 191 g/mol. The highest BCUT2D eigenvalue weighted by Crippen LogP contribution is 2.30. The Morgan fingerprint density at radius 2 is 2.07 bits per heavy atom. The van der Waals surface area contributed by atoms with Gasteiger partial charge in [0.05, 0.1) is 6.61 Å². The van der Waals surface area contributed by atoms with Crippen molar-refractivity contribution < 1.29 is 5.11 Å². The zero-order valence-corrected chi connectivity index (χ0v) is 8.61. The van der Waals surface area contributed by atoms with Crippen molar-refractivity contribution in [3.05, 3.63) is 35.4 Å². The Kier molecular flexibility index (Phi) is 2.85. The van der Waals surface area contributed by atoms with E-state index in [2.05, 4.69) is 24.1 Å². The molecule has 1 fully saturated rings. The van der Waals surface area contributed by atoms with Crippen molar-refractivity contribution >= 4 is 0 Å². The summed E-state index contributed by atoms with van der Waals surface area (Å²) in [4.78, 5) is 2.40. The summed E-state index contributed by atoms with van der Waals surface area (Å²) in [5.74, 6) is 0. The number of aliphatic hydroxyl groups excluding tert-OH is 1. The lowest BCUT2D eigenvalue weighted by Crippen LogP contribution is -2.17. The molecular formula is C12H17NO. The standard InChI is InChI=1S/C12H17NO/c1-13-8-2-3-12(13)11-6-4-10(9-14)5-7-11/h4-7,12,14H,2-3,8-9H2,1H3. The van der Waals surface area contributed by atoms with Crippen molar-refractivity contribution in [3.63, 3.8) is 0 Å². The number of likely N-dealkylation sites (tertiary alicyclic amines) is 1. The predicted octanol–water partition coefficient (Wildman–Crippen LogP) is 1.95. The van der Waals surface area contributed by atoms with Crippen LogP contribution >= 0.6 is 0 Å². The van der Waals surface area contributed by atoms with Gasteiger partial charge in [-0.05, 0) is 37.6 Å². The van der Waals surface area contributed by atoms with E-state index >= 15 is 0 Å². The molecule has 0 saturated carbocycles. The van der Waals surface area contributed by atoms with Crippen LogP contribution in [-0.4, -0.2) is 23.6 Å². The Morgan fingerprint density at radius 3 is 2.57 bits per heavy atom. The molecule has 0 spiro atoms. The van der Waals surface area contributed by atoms with Crippen molar-refractivity contribution in [1.82, 2.24) is 4.90 Å². The number of rotatable bonds is 2. The van der Waals surface area contributed by atoms with Gasteiger partial charge in [0.1, 0.15) is 0 Å². The summed E-state index contributed by atoms with van der Waals surface area (Å²) < 4.78 is 0. The smallest absolute Gasteiger partial charge is 0.0681 e. The topological polar surface area (TPSA) is 23.5 Å². The van der Waals surface area contributed by atoms with Crippen LogP contribution in [0.5, 0.6) is 0 Å². The van der Waals surface area contributed by atoms with Crippen molar-refractivity contribution in [1.29, 1.82) is 0 Å². The molecule has 1 saturated heterocycles. The van der Waals surface area contributed by atoms with Crippen LogP contribution in [0.2, 0.25) is 0 Å². The second kappa shape index (κ2) is 4.11. The molecule has 1 unspecified atom stereocenters. The van der Waals surface area contributed by atoms with Crippen molar-refractivity contribution in [2.24, 2.45) is 0 Å². The molecule has 2 heteroatoms. The van der Waals surface area contributed by atoms with E-state index in [1.807, 2.05) is 12.1 Å². The number of hydrogen-bond donors (Lipinski definition) is 1. The number of benzene rings is 1. The average Bonchev–Trinajstić information content (AvgIpc) is 2.65. The van der Waals surface area contributed by atoms with Gasteiger partial charge in [-0.15, -0.1) is 0 Å². The summed E-state index contributed by atoms with van der Waals surface area (Å²) in [6, 6.07) is 8.89. The number of nitrogens with zero attached hydrogens (tertiary/aromatic N) is 1. The molecule has 2 rings (SSSR count). The Balaban J connectivity index is 2.16. The maximum atomic E-state index is 8.94. The van der Waals surface area contributed by atoms with E-state index in [0.29, 0.717) is 6.04 Å². The first-order chi connectivity index (χ1) is 6.81. The van der Waals surface area contributed by atoms with Crippen molar-refractivity contribution in [3.8, 4) is 0 Å². The molecule has 0 aromatic heterocycles. The first-order valence-electron chi connectivity index (χ1n) is 5.21. The van der Waals surface area contributed by atoms with Crippen LogP contribution in [0.3, 0.4) is 0 Å². The van der Waals surface area contributed by atoms with Crippen LogP contribution in [0.1, 0.15) is 30.0 Å². The van der Waals surface area contributed by atoms with E-state index in [9.17, 15) is 0 Å². The molecule has 1 aliphatic rings. The van der Waals surface area contributed by atoms with E-state index in [1.165, 1.54) is 24.9 Å². The maximum Gasteiger partial charge on any atom is 0.0681 e. The van der Waals surface area contributed by atoms with E-state index in [1.54, 1.807) is 0 Å². The first-order valence-corrected chi connectivity index (χ1v) is 5.21. The number of hydrogen-bond acceptors (Lipinski definition) is 2. The Hall–Kier alpha value is -0.860. The van der Waals surface area contributed by atoms with E-state index in [4.69, 9.17) is 5.11 Å². The second-order valence-electron chi connectivity index (χ2n) is 4.04. The molecule has 0 radical (unpaired) electrons. The molecule has 2 nitrogen and oxygen atoms in total. The third-order valence-corrected chi connectivity index (χ3v) is 3.07. The molecule has 1 N–H and O–H groups in total. The molecule has 14 heavy (non-hydrogen) atoms. The third kappa shape index (κ3) is 1.81. The summed E-state index contributed by atoms with van der Waals surface area (Å²) in [7, 11) is 2.18. The minimum Gasteiger partial charge on any atom is -0.392 e. The molecule has 1 aromatic carbocycles. The molecule has 0 bridgehead atoms. The molecule has 76 valence electrons. The van der Waals surface area contributed by atoms with Gasteiger partial charge in [0, 0.05) is 6.04 Å². The van der Waals surface area contributed by atoms with Gasteiger partial charge < -0.3 is 5.11 Å². The second-order valence-corrected chi connectivity index (χ2v) is 4.04. The average molecular weight is 191 g/mol. The Bertz CT molecular complexity index is 294. The van der Waals surface area contributed by atoms with E-state index in [-0.39, 0.29) is 6.61 Å². The van der Waals surface area contributed by atoms with E-state index in [0.717, 1.165) is 5.56 Å². The van der Waals surface area contributed by atoms with Gasteiger partial charge in [-0.25, -0.2) is 0 Å². The van der Waals surface area contributed by atoms with Crippen molar-refractivity contribution in [2.45, 2.75) is 25.5 Å². The SMILES string of the molecule is CN1CCCC1c1ccc(CO)cc1. The zero-order chi connectivity index (χ0) is 9.97. The van der Waals surface area contributed by atoms with Gasteiger partial charge >= 0.3 is 0 Å². The lowest BCUT2D eigenvalue weighted by atomic mass is 10.0. The van der Waals surface area contributed by atoms with Gasteiger partial charge in [-0.2, -0.15) is 0 Å². The molecule has 0 amide bonds. The van der Waals surface area contributed by atoms with Gasteiger partial charge in [0.2, 0.25) is 0 Å². The van der Waals surface area contributed by atoms with Gasteiger partial charge in [0.25, 0.3) is 0 Å². The van der Waals surface area contributed by atoms with Crippen LogP contribution in [-0.2, 0) is 6.61 Å². The highest BCUT2D eigenvalue weighted by molar-refractivity contribution is 5.25. The highest BCUT2D eigenvalue weighted by atomic mass is 16.3. The molecule has 1 aromatic rings. The molecule has 1 heterocycles. The normalized spacial score (nSPS) is 22.9. The third-order valence-electron chi connectivity index (χ3n) is 3.07. The van der Waals surface area contributed by atoms with Gasteiger partial charge in [-0.3, -0.25) is 4.90 Å². The van der Waals surface area contributed by atoms with Crippen LogP contribution in [0, 0.1) is 0 Å². The van der Waals surface area contributed by atoms with Gasteiger partial charge in [-0.1, -0.05) is 24.3 Å². The Labute approximate surface area is 85.2 Å². The lowest BCUT2D eigenvalue weighted by Gasteiger charge is -2.19. The molecule has 1 atom stereocenters. The van der Waals surface area contributed by atoms with Crippen LogP contribution in [0.25, 0.3) is 0 Å². The van der Waals surface area contributed by atoms with Crippen LogP contribution in [0.15, 0.2) is 24.3 Å². The van der Waals surface area contributed by atoms with Crippen LogP contribution in [0.4, 0.5) is 0 Å². The summed E-state index contributed by atoms with van der Waals surface area (Å²) in [5, 5.41) is 8.94. The number of aliphatic hydroxyl groups is 1. The first kappa shape index (κ1) is 9.69. The Morgan fingerprint density at radius 1 is 1.36 bits per heavy atom. The lowest BCUT2D eigenvalue weighted by molar-refractivity contribution is 0.281. The molecular weight excluding hydrogens is 174 g/mol. The quantitative estimate of drug-likeness (QED) is 0.772. The maximum absolute atomic E-state index is 8.94. The summed E-state index contributed by atoms with van der Waals surface area (Å²) in [5.41, 5.74) is 2.37. The van der Waals surface area contributed by atoms with Crippen LogP contribution < -0.4 is 0 Å². The van der Waals surface area contributed by atoms with E-state index < -0.39 is 0 Å². The summed E-state index contributed by atoms with van der Waals surface area (Å²) in [6.45, 7) is 1.34. The summed E-state index contributed by atoms with van der Waals surface area (Å²) in [6.07, 6.45) is 2.55. The largest absolute Gasteiger partial charge is 0.392 e. The minimum atomic E-state index is 0.140. The minimum absolute atomic E-state index is 0.140.